The highest BCUT2D eigenvalue weighted by molar-refractivity contribution is 5.75. The van der Waals surface area contributed by atoms with Crippen molar-refractivity contribution in [2.75, 3.05) is 0 Å². The summed E-state index contributed by atoms with van der Waals surface area (Å²) in [5, 5.41) is 28.5. The van der Waals surface area contributed by atoms with Crippen molar-refractivity contribution in [3.63, 3.8) is 0 Å². The van der Waals surface area contributed by atoms with Crippen molar-refractivity contribution in [3.8, 4) is 0 Å². The minimum atomic E-state index is -2.74. The van der Waals surface area contributed by atoms with E-state index in [2.05, 4.69) is 24.8 Å². The molecule has 4 nitrogen and oxygen atoms in total. The lowest BCUT2D eigenvalue weighted by molar-refractivity contribution is -0.217. The fourth-order valence-electron chi connectivity index (χ4n) is 3.42. The van der Waals surface area contributed by atoms with Gasteiger partial charge in [0.25, 0.3) is 5.79 Å². The third kappa shape index (κ3) is 8.30. The molecule has 152 valence electrons. The number of carboxylic acid groups (broad SMARTS) is 1. The number of carboxylic acids is 1. The quantitative estimate of drug-likeness (QED) is 0.232. The Morgan fingerprint density at radius 3 is 2.63 bits per heavy atom. The molecule has 0 saturated carbocycles. The maximum Gasteiger partial charge on any atom is 0.364 e. The zero-order valence-electron chi connectivity index (χ0n) is 16.9. The molecule has 1 aliphatic carbocycles. The molecule has 27 heavy (non-hydrogen) atoms. The summed E-state index contributed by atoms with van der Waals surface area (Å²) < 4.78 is 0. The molecule has 0 saturated heterocycles. The van der Waals surface area contributed by atoms with E-state index in [0.717, 1.165) is 25.7 Å². The molecule has 1 unspecified atom stereocenters. The Morgan fingerprint density at radius 1 is 1.19 bits per heavy atom. The van der Waals surface area contributed by atoms with Gasteiger partial charge in [-0.1, -0.05) is 57.3 Å². The molecule has 4 heteroatoms. The molecule has 0 bridgehead atoms. The normalized spacial score (nSPS) is 15.9. The lowest BCUT2D eigenvalue weighted by atomic mass is 9.93. The van der Waals surface area contributed by atoms with Crippen molar-refractivity contribution >= 4 is 5.97 Å². The molecule has 0 amide bonds. The van der Waals surface area contributed by atoms with Crippen LogP contribution in [0, 0.1) is 5.92 Å². The first kappa shape index (κ1) is 23.4. The Morgan fingerprint density at radius 2 is 1.96 bits per heavy atom. The van der Waals surface area contributed by atoms with Gasteiger partial charge in [-0.15, -0.1) is 5.73 Å². The standard InChI is InChI=1S/C23H36O4/c1-3-5-6-7-8-9-14-19-16-12-17-20(19)15-10-11-18-21(13-4-2)23(26,27)22(24)25/h9-10,14,18,21,26-27H,3-8,12-13,15-17H2,1-2H3,(H,24,25). The molecule has 3 N–H and O–H groups in total. The van der Waals surface area contributed by atoms with E-state index < -0.39 is 17.7 Å². The van der Waals surface area contributed by atoms with Crippen LogP contribution in [0.1, 0.15) is 84.5 Å². The fraction of sp³-hybridized carbons (Fsp3) is 0.652. The van der Waals surface area contributed by atoms with Crippen LogP contribution in [-0.4, -0.2) is 27.1 Å². The van der Waals surface area contributed by atoms with Crippen LogP contribution in [0.3, 0.4) is 0 Å². The summed E-state index contributed by atoms with van der Waals surface area (Å²) in [6.07, 6.45) is 19.4. The highest BCUT2D eigenvalue weighted by Crippen LogP contribution is 2.30. The molecule has 0 aliphatic heterocycles. The Balaban J connectivity index is 2.65. The first-order chi connectivity index (χ1) is 12.9. The van der Waals surface area contributed by atoms with Gasteiger partial charge in [0, 0.05) is 5.92 Å². The maximum absolute atomic E-state index is 11.0. The van der Waals surface area contributed by atoms with Gasteiger partial charge in [-0.3, -0.25) is 0 Å². The van der Waals surface area contributed by atoms with Crippen LogP contribution < -0.4 is 0 Å². The largest absolute Gasteiger partial charge is 0.477 e. The van der Waals surface area contributed by atoms with E-state index in [9.17, 15) is 15.0 Å². The average Bonchev–Trinajstić information content (AvgIpc) is 3.07. The average molecular weight is 377 g/mol. The third-order valence-electron chi connectivity index (χ3n) is 5.12. The summed E-state index contributed by atoms with van der Waals surface area (Å²) in [4.78, 5) is 11.0. The molecule has 1 atom stereocenters. The second kappa shape index (κ2) is 12.7. The summed E-state index contributed by atoms with van der Waals surface area (Å²) in [5.41, 5.74) is 5.80. The molecule has 0 aromatic heterocycles. The second-order valence-corrected chi connectivity index (χ2v) is 7.40. The number of rotatable bonds is 13. The molecule has 1 aliphatic rings. The van der Waals surface area contributed by atoms with Gasteiger partial charge in [0.15, 0.2) is 0 Å². The van der Waals surface area contributed by atoms with Gasteiger partial charge >= 0.3 is 5.97 Å². The van der Waals surface area contributed by atoms with E-state index in [4.69, 9.17) is 5.11 Å². The van der Waals surface area contributed by atoms with Crippen LogP contribution in [0.2, 0.25) is 0 Å². The van der Waals surface area contributed by atoms with Gasteiger partial charge in [-0.25, -0.2) is 4.79 Å². The molecule has 1 rings (SSSR count). The van der Waals surface area contributed by atoms with Crippen LogP contribution in [0.25, 0.3) is 0 Å². The van der Waals surface area contributed by atoms with Crippen molar-refractivity contribution in [1.82, 2.24) is 0 Å². The lowest BCUT2D eigenvalue weighted by Crippen LogP contribution is -2.44. The van der Waals surface area contributed by atoms with E-state index in [1.165, 1.54) is 49.3 Å². The van der Waals surface area contributed by atoms with Crippen LogP contribution >= 0.6 is 0 Å². The molecular formula is C23H36O4. The summed E-state index contributed by atoms with van der Waals surface area (Å²) in [7, 11) is 0. The predicted octanol–water partition coefficient (Wildman–Crippen LogP) is 5.28. The first-order valence-electron chi connectivity index (χ1n) is 10.4. The van der Waals surface area contributed by atoms with Crippen LogP contribution in [0.4, 0.5) is 0 Å². The monoisotopic (exact) mass is 376 g/mol. The summed E-state index contributed by atoms with van der Waals surface area (Å²) in [6, 6.07) is 0. The number of hydrogen-bond acceptors (Lipinski definition) is 3. The highest BCUT2D eigenvalue weighted by Gasteiger charge is 2.40. The topological polar surface area (TPSA) is 77.8 Å². The van der Waals surface area contributed by atoms with Crippen LogP contribution in [0.5, 0.6) is 0 Å². The van der Waals surface area contributed by atoms with E-state index in [1.54, 1.807) is 0 Å². The Bertz CT molecular complexity index is 577. The fourth-order valence-corrected chi connectivity index (χ4v) is 3.42. The van der Waals surface area contributed by atoms with Gasteiger partial charge in [-0.05, 0) is 62.7 Å². The maximum atomic E-state index is 11.0. The Labute approximate surface area is 164 Å². The van der Waals surface area contributed by atoms with Gasteiger partial charge in [-0.2, -0.15) is 0 Å². The molecule has 0 radical (unpaired) electrons. The number of carbonyl (C=O) groups is 1. The second-order valence-electron chi connectivity index (χ2n) is 7.40. The van der Waals surface area contributed by atoms with Crippen molar-refractivity contribution in [2.45, 2.75) is 90.3 Å². The summed E-state index contributed by atoms with van der Waals surface area (Å²) in [6.45, 7) is 4.10. The summed E-state index contributed by atoms with van der Waals surface area (Å²) in [5.74, 6) is -5.23. The van der Waals surface area contributed by atoms with Gasteiger partial charge in [0.05, 0.1) is 0 Å². The van der Waals surface area contributed by atoms with Crippen molar-refractivity contribution < 1.29 is 20.1 Å². The minimum absolute atomic E-state index is 0.384. The predicted molar refractivity (Wildman–Crippen MR) is 109 cm³/mol. The zero-order chi connectivity index (χ0) is 20.1. The Kier molecular flexibility index (Phi) is 11.0. The molecule has 0 spiro atoms. The SMILES string of the molecule is CCCCCCC=CC1=C(CC=C=CC(CCC)C(O)(O)C(=O)O)CCC1. The van der Waals surface area contributed by atoms with Gasteiger partial charge < -0.3 is 15.3 Å². The number of hydrogen-bond donors (Lipinski definition) is 3. The van der Waals surface area contributed by atoms with Gasteiger partial charge in [0.2, 0.25) is 0 Å². The van der Waals surface area contributed by atoms with Crippen LogP contribution in [-0.2, 0) is 4.79 Å². The lowest BCUT2D eigenvalue weighted by Gasteiger charge is -2.23. The molecule has 0 aromatic rings. The van der Waals surface area contributed by atoms with E-state index in [1.807, 2.05) is 13.0 Å². The number of aliphatic hydroxyl groups is 2. The van der Waals surface area contributed by atoms with Crippen molar-refractivity contribution in [2.24, 2.45) is 5.92 Å². The van der Waals surface area contributed by atoms with Crippen LogP contribution in [0.15, 0.2) is 41.2 Å². The summed E-state index contributed by atoms with van der Waals surface area (Å²) >= 11 is 0. The first-order valence-corrected chi connectivity index (χ1v) is 10.4. The molecule has 0 heterocycles. The van der Waals surface area contributed by atoms with E-state index in [0.29, 0.717) is 12.8 Å². The Hall–Kier alpha value is -1.61. The third-order valence-corrected chi connectivity index (χ3v) is 5.12. The highest BCUT2D eigenvalue weighted by atomic mass is 16.5. The van der Waals surface area contributed by atoms with Crippen molar-refractivity contribution in [1.29, 1.82) is 0 Å². The number of allylic oxidation sites excluding steroid dienone is 4. The molecular weight excluding hydrogens is 340 g/mol. The van der Waals surface area contributed by atoms with E-state index in [-0.39, 0.29) is 0 Å². The minimum Gasteiger partial charge on any atom is -0.477 e. The van der Waals surface area contributed by atoms with E-state index >= 15 is 0 Å². The number of aliphatic carboxylic acids is 1. The molecule has 0 fully saturated rings. The van der Waals surface area contributed by atoms with Gasteiger partial charge in [0.1, 0.15) is 0 Å². The number of unbranched alkanes of at least 4 members (excludes halogenated alkanes) is 4. The molecule has 0 aromatic carbocycles. The zero-order valence-corrected chi connectivity index (χ0v) is 16.9. The smallest absolute Gasteiger partial charge is 0.364 e. The van der Waals surface area contributed by atoms with Crippen molar-refractivity contribution in [3.05, 3.63) is 41.2 Å².